The Kier molecular flexibility index (Phi) is 8.19. The summed E-state index contributed by atoms with van der Waals surface area (Å²) in [6.07, 6.45) is 2.85. The number of nitrogens with one attached hydrogen (secondary N) is 1. The SMILES string of the molecule is CCCCOc1c(Cl)cc(C(=O)NCc2csc(CC)n2)cc1OCC. The van der Waals surface area contributed by atoms with Crippen molar-refractivity contribution in [3.63, 3.8) is 0 Å². The van der Waals surface area contributed by atoms with Crippen LogP contribution < -0.4 is 14.8 Å². The highest BCUT2D eigenvalue weighted by Gasteiger charge is 2.16. The Morgan fingerprint density at radius 3 is 2.73 bits per heavy atom. The van der Waals surface area contributed by atoms with Crippen molar-refractivity contribution in [3.05, 3.63) is 38.8 Å². The Labute approximate surface area is 163 Å². The summed E-state index contributed by atoms with van der Waals surface area (Å²) in [5.74, 6) is 0.757. The molecule has 1 aromatic carbocycles. The molecule has 1 aromatic heterocycles. The molecular formula is C19H25ClN2O3S. The Bertz CT molecular complexity index is 734. The van der Waals surface area contributed by atoms with Gasteiger partial charge in [0, 0.05) is 10.9 Å². The van der Waals surface area contributed by atoms with Crippen LogP contribution in [-0.4, -0.2) is 24.1 Å². The highest BCUT2D eigenvalue weighted by atomic mass is 35.5. The second kappa shape index (κ2) is 10.4. The number of hydrogen-bond acceptors (Lipinski definition) is 5. The summed E-state index contributed by atoms with van der Waals surface area (Å²) in [5.41, 5.74) is 1.29. The molecule has 7 heteroatoms. The maximum Gasteiger partial charge on any atom is 0.251 e. The second-order valence-electron chi connectivity index (χ2n) is 5.69. The molecule has 2 aromatic rings. The van der Waals surface area contributed by atoms with Gasteiger partial charge in [0.15, 0.2) is 11.5 Å². The van der Waals surface area contributed by atoms with E-state index in [9.17, 15) is 4.79 Å². The summed E-state index contributed by atoms with van der Waals surface area (Å²) in [7, 11) is 0. The predicted octanol–water partition coefficient (Wildman–Crippen LogP) is 4.87. The largest absolute Gasteiger partial charge is 0.490 e. The number of unbranched alkanes of at least 4 members (excludes halogenated alkanes) is 1. The summed E-state index contributed by atoms with van der Waals surface area (Å²) < 4.78 is 11.4. The van der Waals surface area contributed by atoms with Crippen LogP contribution >= 0.6 is 22.9 Å². The summed E-state index contributed by atoms with van der Waals surface area (Å²) in [4.78, 5) is 16.9. The first-order valence-corrected chi connectivity index (χ1v) is 10.1. The van der Waals surface area contributed by atoms with Gasteiger partial charge in [-0.25, -0.2) is 4.98 Å². The fraction of sp³-hybridized carbons (Fsp3) is 0.474. The molecule has 5 nitrogen and oxygen atoms in total. The van der Waals surface area contributed by atoms with Crippen LogP contribution in [-0.2, 0) is 13.0 Å². The zero-order valence-electron chi connectivity index (χ0n) is 15.4. The molecule has 0 aliphatic heterocycles. The van der Waals surface area contributed by atoms with E-state index in [1.54, 1.807) is 23.5 Å². The van der Waals surface area contributed by atoms with E-state index in [0.717, 1.165) is 30.0 Å². The first kappa shape index (κ1) is 20.5. The average Bonchev–Trinajstić information content (AvgIpc) is 3.10. The van der Waals surface area contributed by atoms with Crippen LogP contribution in [0.1, 0.15) is 54.7 Å². The van der Waals surface area contributed by atoms with E-state index in [2.05, 4.69) is 24.1 Å². The standard InChI is InChI=1S/C19H25ClN2O3S/c1-4-7-8-25-18-15(20)9-13(10-16(18)24-6-3)19(23)21-11-14-12-26-17(5-2)22-14/h9-10,12H,4-8,11H2,1-3H3,(H,21,23). The van der Waals surface area contributed by atoms with E-state index in [1.807, 2.05) is 12.3 Å². The van der Waals surface area contributed by atoms with Crippen molar-refractivity contribution in [2.45, 2.75) is 46.6 Å². The number of benzene rings is 1. The van der Waals surface area contributed by atoms with Crippen molar-refractivity contribution in [2.75, 3.05) is 13.2 Å². The quantitative estimate of drug-likeness (QED) is 0.582. The zero-order valence-corrected chi connectivity index (χ0v) is 17.0. The number of nitrogens with zero attached hydrogens (tertiary/aromatic N) is 1. The molecule has 1 heterocycles. The van der Waals surface area contributed by atoms with E-state index in [0.29, 0.717) is 41.8 Å². The second-order valence-corrected chi connectivity index (χ2v) is 7.04. The highest BCUT2D eigenvalue weighted by Crippen LogP contribution is 2.37. The fourth-order valence-corrected chi connectivity index (χ4v) is 3.30. The van der Waals surface area contributed by atoms with Gasteiger partial charge in [0.05, 0.1) is 35.5 Å². The van der Waals surface area contributed by atoms with Gasteiger partial charge in [-0.15, -0.1) is 11.3 Å². The van der Waals surface area contributed by atoms with E-state index < -0.39 is 0 Å². The van der Waals surface area contributed by atoms with Crippen molar-refractivity contribution in [2.24, 2.45) is 0 Å². The minimum Gasteiger partial charge on any atom is -0.490 e. The Hall–Kier alpha value is -1.79. The molecule has 1 N–H and O–H groups in total. The lowest BCUT2D eigenvalue weighted by Gasteiger charge is -2.15. The Morgan fingerprint density at radius 1 is 1.27 bits per heavy atom. The van der Waals surface area contributed by atoms with Crippen LogP contribution in [0.3, 0.4) is 0 Å². The van der Waals surface area contributed by atoms with Crippen molar-refractivity contribution >= 4 is 28.8 Å². The van der Waals surface area contributed by atoms with Gasteiger partial charge < -0.3 is 14.8 Å². The molecule has 2 rings (SSSR count). The number of amides is 1. The van der Waals surface area contributed by atoms with E-state index in [4.69, 9.17) is 21.1 Å². The topological polar surface area (TPSA) is 60.5 Å². The normalized spacial score (nSPS) is 10.6. The van der Waals surface area contributed by atoms with Gasteiger partial charge in [-0.1, -0.05) is 31.9 Å². The lowest BCUT2D eigenvalue weighted by molar-refractivity contribution is 0.0950. The molecule has 0 saturated heterocycles. The lowest BCUT2D eigenvalue weighted by atomic mass is 10.2. The number of halogens is 1. The number of hydrogen-bond donors (Lipinski definition) is 1. The molecule has 0 atom stereocenters. The molecule has 0 saturated carbocycles. The van der Waals surface area contributed by atoms with Crippen LogP contribution in [0.25, 0.3) is 0 Å². The number of aryl methyl sites for hydroxylation is 1. The minimum atomic E-state index is -0.223. The summed E-state index contributed by atoms with van der Waals surface area (Å²) in [6.45, 7) is 7.43. The summed E-state index contributed by atoms with van der Waals surface area (Å²) >= 11 is 7.94. The van der Waals surface area contributed by atoms with Crippen LogP contribution in [0, 0.1) is 0 Å². The molecule has 0 fully saturated rings. The van der Waals surface area contributed by atoms with E-state index >= 15 is 0 Å². The highest BCUT2D eigenvalue weighted by molar-refractivity contribution is 7.09. The van der Waals surface area contributed by atoms with Gasteiger partial charge in [-0.3, -0.25) is 4.79 Å². The molecule has 0 aliphatic carbocycles. The smallest absolute Gasteiger partial charge is 0.251 e. The first-order chi connectivity index (χ1) is 12.6. The molecule has 0 unspecified atom stereocenters. The first-order valence-electron chi connectivity index (χ1n) is 8.89. The van der Waals surface area contributed by atoms with Gasteiger partial charge in [0.25, 0.3) is 5.91 Å². The van der Waals surface area contributed by atoms with Crippen molar-refractivity contribution < 1.29 is 14.3 Å². The zero-order chi connectivity index (χ0) is 18.9. The van der Waals surface area contributed by atoms with Gasteiger partial charge >= 0.3 is 0 Å². The van der Waals surface area contributed by atoms with Crippen LogP contribution in [0.2, 0.25) is 5.02 Å². The van der Waals surface area contributed by atoms with Gasteiger partial charge in [0.1, 0.15) is 0 Å². The molecule has 0 radical (unpaired) electrons. The molecule has 26 heavy (non-hydrogen) atoms. The number of aromatic nitrogens is 1. The van der Waals surface area contributed by atoms with Gasteiger partial charge in [-0.2, -0.15) is 0 Å². The molecule has 0 bridgehead atoms. The van der Waals surface area contributed by atoms with E-state index in [1.165, 1.54) is 0 Å². The van der Waals surface area contributed by atoms with Crippen LogP contribution in [0.15, 0.2) is 17.5 Å². The fourth-order valence-electron chi connectivity index (χ4n) is 2.29. The molecule has 142 valence electrons. The number of ether oxygens (including phenoxy) is 2. The minimum absolute atomic E-state index is 0.223. The molecule has 1 amide bonds. The van der Waals surface area contributed by atoms with Crippen LogP contribution in [0.5, 0.6) is 11.5 Å². The number of carbonyl (C=O) groups is 1. The van der Waals surface area contributed by atoms with Crippen molar-refractivity contribution in [3.8, 4) is 11.5 Å². The monoisotopic (exact) mass is 396 g/mol. The molecule has 0 spiro atoms. The third-order valence-corrected chi connectivity index (χ3v) is 4.97. The predicted molar refractivity (Wildman–Crippen MR) is 106 cm³/mol. The third kappa shape index (κ3) is 5.61. The summed E-state index contributed by atoms with van der Waals surface area (Å²) in [6, 6.07) is 3.28. The van der Waals surface area contributed by atoms with Gasteiger partial charge in [0.2, 0.25) is 0 Å². The maximum absolute atomic E-state index is 12.5. The number of rotatable bonds is 10. The van der Waals surface area contributed by atoms with Crippen molar-refractivity contribution in [1.82, 2.24) is 10.3 Å². The average molecular weight is 397 g/mol. The summed E-state index contributed by atoms with van der Waals surface area (Å²) in [5, 5.41) is 6.27. The van der Waals surface area contributed by atoms with Gasteiger partial charge in [-0.05, 0) is 31.9 Å². The Morgan fingerprint density at radius 2 is 2.08 bits per heavy atom. The van der Waals surface area contributed by atoms with E-state index in [-0.39, 0.29) is 5.91 Å². The Balaban J connectivity index is 2.10. The maximum atomic E-state index is 12.5. The van der Waals surface area contributed by atoms with Crippen molar-refractivity contribution in [1.29, 1.82) is 0 Å². The third-order valence-electron chi connectivity index (χ3n) is 3.65. The molecular weight excluding hydrogens is 372 g/mol. The number of carbonyl (C=O) groups excluding carboxylic acids is 1. The number of thiazole rings is 1. The lowest BCUT2D eigenvalue weighted by Crippen LogP contribution is -2.23. The van der Waals surface area contributed by atoms with Crippen LogP contribution in [0.4, 0.5) is 0 Å². The molecule has 0 aliphatic rings.